The minimum atomic E-state index is -3.31. The zero-order valence-corrected chi connectivity index (χ0v) is 7.06. The van der Waals surface area contributed by atoms with Crippen molar-refractivity contribution < 1.29 is 18.3 Å². The van der Waals surface area contributed by atoms with Gasteiger partial charge in [-0.25, -0.2) is 4.79 Å². The molecule has 1 aliphatic rings. The number of ether oxygens (including phenoxy) is 1. The van der Waals surface area contributed by atoms with Gasteiger partial charge >= 0.3 is 11.9 Å². The van der Waals surface area contributed by atoms with Crippen LogP contribution < -0.4 is 5.32 Å². The molecule has 0 aromatic carbocycles. The van der Waals surface area contributed by atoms with Crippen LogP contribution in [0.3, 0.4) is 0 Å². The van der Waals surface area contributed by atoms with Gasteiger partial charge in [0.2, 0.25) is 0 Å². The van der Waals surface area contributed by atoms with Gasteiger partial charge in [0.1, 0.15) is 6.10 Å². The van der Waals surface area contributed by atoms with Crippen molar-refractivity contribution in [2.75, 3.05) is 13.1 Å². The Bertz CT molecular complexity index is 218. The topological polar surface area (TPSA) is 38.3 Å². The first-order valence-electron chi connectivity index (χ1n) is 3.97. The fourth-order valence-corrected chi connectivity index (χ4v) is 1.11. The molecule has 1 unspecified atom stereocenters. The van der Waals surface area contributed by atoms with E-state index < -0.39 is 24.4 Å². The van der Waals surface area contributed by atoms with Crippen LogP contribution in [-0.4, -0.2) is 31.1 Å². The Morgan fingerprint density at radius 2 is 2.46 bits per heavy atom. The molecule has 1 fully saturated rings. The third kappa shape index (κ3) is 2.48. The highest BCUT2D eigenvalue weighted by Gasteiger charge is 2.50. The minimum absolute atomic E-state index is 0.243. The smallest absolute Gasteiger partial charge is 0.377 e. The first kappa shape index (κ1) is 10.1. The molecule has 0 aliphatic carbocycles. The van der Waals surface area contributed by atoms with Gasteiger partial charge in [-0.3, -0.25) is 0 Å². The molecular formula is C8H11F2NO2. The summed E-state index contributed by atoms with van der Waals surface area (Å²) in [5.74, 6) is -4.72. The van der Waals surface area contributed by atoms with Gasteiger partial charge in [0.05, 0.1) is 6.42 Å². The molecule has 3 nitrogen and oxygen atoms in total. The third-order valence-corrected chi connectivity index (χ3v) is 1.72. The molecule has 0 aromatic heterocycles. The summed E-state index contributed by atoms with van der Waals surface area (Å²) in [5, 5.41) is 2.81. The number of cyclic esters (lactones) is 1. The summed E-state index contributed by atoms with van der Waals surface area (Å²) >= 11 is 0. The normalized spacial score (nSPS) is 25.7. The van der Waals surface area contributed by atoms with E-state index in [1.54, 1.807) is 6.08 Å². The molecule has 13 heavy (non-hydrogen) atoms. The van der Waals surface area contributed by atoms with Crippen molar-refractivity contribution in [3.8, 4) is 0 Å². The molecule has 0 radical (unpaired) electrons. The van der Waals surface area contributed by atoms with Gasteiger partial charge in [-0.05, 0) is 0 Å². The largest absolute Gasteiger partial charge is 0.456 e. The second-order valence-corrected chi connectivity index (χ2v) is 2.88. The monoisotopic (exact) mass is 191 g/mol. The summed E-state index contributed by atoms with van der Waals surface area (Å²) < 4.78 is 29.6. The number of carbonyl (C=O) groups is 1. The Labute approximate surface area is 74.8 Å². The Hall–Kier alpha value is -0.970. The van der Waals surface area contributed by atoms with Gasteiger partial charge in [-0.1, -0.05) is 6.08 Å². The molecule has 5 heteroatoms. The predicted molar refractivity (Wildman–Crippen MR) is 42.5 cm³/mol. The molecular weight excluding hydrogens is 180 g/mol. The fraction of sp³-hybridized carbons (Fsp3) is 0.625. The maximum Gasteiger partial charge on any atom is 0.377 e. The van der Waals surface area contributed by atoms with Crippen LogP contribution in [0.15, 0.2) is 12.7 Å². The van der Waals surface area contributed by atoms with Crippen molar-refractivity contribution in [1.82, 2.24) is 5.32 Å². The average molecular weight is 191 g/mol. The van der Waals surface area contributed by atoms with Crippen molar-refractivity contribution >= 4 is 5.97 Å². The number of esters is 1. The summed E-state index contributed by atoms with van der Waals surface area (Å²) in [6, 6.07) is 0. The second-order valence-electron chi connectivity index (χ2n) is 2.88. The Morgan fingerprint density at radius 1 is 1.77 bits per heavy atom. The van der Waals surface area contributed by atoms with Crippen molar-refractivity contribution in [3.05, 3.63) is 12.7 Å². The number of nitrogens with one attached hydrogen (secondary N) is 1. The molecule has 1 N–H and O–H groups in total. The fourth-order valence-electron chi connectivity index (χ4n) is 1.11. The van der Waals surface area contributed by atoms with Crippen LogP contribution in [0.1, 0.15) is 6.42 Å². The SMILES string of the molecule is C=CCNCC1CC(F)(F)C(=O)O1. The lowest BCUT2D eigenvalue weighted by atomic mass is 10.2. The number of alkyl halides is 2. The third-order valence-electron chi connectivity index (χ3n) is 1.72. The minimum Gasteiger partial charge on any atom is -0.456 e. The highest BCUT2D eigenvalue weighted by atomic mass is 19.3. The van der Waals surface area contributed by atoms with E-state index in [4.69, 9.17) is 0 Å². The van der Waals surface area contributed by atoms with Crippen LogP contribution in [0.25, 0.3) is 0 Å². The second kappa shape index (κ2) is 3.83. The molecule has 1 aliphatic heterocycles. The van der Waals surface area contributed by atoms with Crippen LogP contribution in [0.4, 0.5) is 8.78 Å². The van der Waals surface area contributed by atoms with E-state index in [-0.39, 0.29) is 6.54 Å². The maximum atomic E-state index is 12.6. The Balaban J connectivity index is 2.32. The highest BCUT2D eigenvalue weighted by molar-refractivity contribution is 5.79. The van der Waals surface area contributed by atoms with Crippen molar-refractivity contribution in [3.63, 3.8) is 0 Å². The van der Waals surface area contributed by atoms with E-state index in [0.717, 1.165) is 0 Å². The first-order chi connectivity index (χ1) is 6.06. The number of halogens is 2. The quantitative estimate of drug-likeness (QED) is 0.404. The predicted octanol–water partition coefficient (Wildman–Crippen LogP) is 0.713. The summed E-state index contributed by atoms with van der Waals surface area (Å²) in [5.41, 5.74) is 0. The molecule has 0 spiro atoms. The zero-order valence-electron chi connectivity index (χ0n) is 7.06. The molecule has 0 amide bonds. The number of hydrogen-bond acceptors (Lipinski definition) is 3. The van der Waals surface area contributed by atoms with E-state index in [0.29, 0.717) is 6.54 Å². The van der Waals surface area contributed by atoms with Crippen molar-refractivity contribution in [1.29, 1.82) is 0 Å². The van der Waals surface area contributed by atoms with Crippen LogP contribution >= 0.6 is 0 Å². The molecule has 1 saturated heterocycles. The molecule has 1 heterocycles. The van der Waals surface area contributed by atoms with Crippen LogP contribution in [0, 0.1) is 0 Å². The molecule has 1 rings (SSSR count). The Morgan fingerprint density at radius 3 is 2.92 bits per heavy atom. The lowest BCUT2D eigenvalue weighted by molar-refractivity contribution is -0.158. The summed E-state index contributed by atoms with van der Waals surface area (Å²) in [7, 11) is 0. The molecule has 74 valence electrons. The van der Waals surface area contributed by atoms with Crippen LogP contribution in [-0.2, 0) is 9.53 Å². The maximum absolute atomic E-state index is 12.6. The number of hydrogen-bond donors (Lipinski definition) is 1. The first-order valence-corrected chi connectivity index (χ1v) is 3.97. The van der Waals surface area contributed by atoms with Crippen LogP contribution in [0.5, 0.6) is 0 Å². The molecule has 0 aromatic rings. The van der Waals surface area contributed by atoms with Gasteiger partial charge in [0, 0.05) is 13.1 Å². The van der Waals surface area contributed by atoms with E-state index >= 15 is 0 Å². The highest BCUT2D eigenvalue weighted by Crippen LogP contribution is 2.30. The van der Waals surface area contributed by atoms with Gasteiger partial charge in [0.25, 0.3) is 0 Å². The molecule has 0 saturated carbocycles. The number of rotatable bonds is 4. The lowest BCUT2D eigenvalue weighted by Crippen LogP contribution is -2.27. The van der Waals surface area contributed by atoms with E-state index in [1.165, 1.54) is 0 Å². The van der Waals surface area contributed by atoms with Gasteiger partial charge in [-0.2, -0.15) is 8.78 Å². The zero-order chi connectivity index (χ0) is 9.90. The summed E-state index contributed by atoms with van der Waals surface area (Å²) in [6.07, 6.45) is 0.354. The molecule has 1 atom stereocenters. The molecule has 0 bridgehead atoms. The van der Waals surface area contributed by atoms with E-state index in [2.05, 4.69) is 16.6 Å². The summed E-state index contributed by atoms with van der Waals surface area (Å²) in [4.78, 5) is 10.5. The van der Waals surface area contributed by atoms with Crippen LogP contribution in [0.2, 0.25) is 0 Å². The van der Waals surface area contributed by atoms with E-state index in [1.807, 2.05) is 0 Å². The van der Waals surface area contributed by atoms with Crippen molar-refractivity contribution in [2.45, 2.75) is 18.4 Å². The van der Waals surface area contributed by atoms with E-state index in [9.17, 15) is 13.6 Å². The van der Waals surface area contributed by atoms with Gasteiger partial charge in [-0.15, -0.1) is 6.58 Å². The summed E-state index contributed by atoms with van der Waals surface area (Å²) in [6.45, 7) is 4.21. The number of carbonyl (C=O) groups excluding carboxylic acids is 1. The lowest BCUT2D eigenvalue weighted by Gasteiger charge is -2.07. The standard InChI is InChI=1S/C8H11F2NO2/c1-2-3-11-5-6-4-8(9,10)7(12)13-6/h2,6,11H,1,3-5H2. The average Bonchev–Trinajstić information content (AvgIpc) is 2.27. The van der Waals surface area contributed by atoms with Gasteiger partial charge in [0.15, 0.2) is 0 Å². The van der Waals surface area contributed by atoms with Crippen molar-refractivity contribution in [2.24, 2.45) is 0 Å². The Kier molecular flexibility index (Phi) is 2.98. The van der Waals surface area contributed by atoms with Gasteiger partial charge < -0.3 is 10.1 Å².